The molecule has 0 aromatic heterocycles. The fraction of sp³-hybridized carbons (Fsp3) is 0.733. The summed E-state index contributed by atoms with van der Waals surface area (Å²) in [6.07, 6.45) is 0.0978. The fourth-order valence-corrected chi connectivity index (χ4v) is 2.08. The maximum Gasteiger partial charge on any atom is 0.404 e. The number of hydrogen-bond acceptors (Lipinski definition) is 4. The molecule has 0 spiro atoms. The van der Waals surface area contributed by atoms with Gasteiger partial charge >= 0.3 is 6.09 Å². The first-order valence-electron chi connectivity index (χ1n) is 8.03. The van der Waals surface area contributed by atoms with Crippen molar-refractivity contribution in [3.05, 3.63) is 0 Å². The number of rotatable bonds is 11. The lowest BCUT2D eigenvalue weighted by Crippen LogP contribution is -2.54. The van der Waals surface area contributed by atoms with Gasteiger partial charge in [-0.05, 0) is 25.2 Å². The second-order valence-corrected chi connectivity index (χ2v) is 5.98. The average molecular weight is 344 g/mol. The smallest absolute Gasteiger partial charge is 0.404 e. The monoisotopic (exact) mass is 344 g/mol. The molecule has 0 radical (unpaired) electrons. The van der Waals surface area contributed by atoms with E-state index in [1.807, 2.05) is 20.8 Å². The normalized spacial score (nSPS) is 13.0. The van der Waals surface area contributed by atoms with Gasteiger partial charge in [0.25, 0.3) is 0 Å². The third-order valence-electron chi connectivity index (χ3n) is 3.21. The van der Waals surface area contributed by atoms with Crippen LogP contribution < -0.4 is 21.7 Å². The van der Waals surface area contributed by atoms with Crippen molar-refractivity contribution < 1.29 is 24.3 Å². The zero-order valence-corrected chi connectivity index (χ0v) is 14.4. The van der Waals surface area contributed by atoms with Crippen LogP contribution in [-0.2, 0) is 14.4 Å². The van der Waals surface area contributed by atoms with Crippen LogP contribution in [0.3, 0.4) is 0 Å². The average Bonchev–Trinajstić information content (AvgIpc) is 2.44. The summed E-state index contributed by atoms with van der Waals surface area (Å²) in [6, 6.07) is -1.78. The highest BCUT2D eigenvalue weighted by Gasteiger charge is 2.25. The molecule has 0 aliphatic heterocycles. The van der Waals surface area contributed by atoms with Crippen LogP contribution in [0.1, 0.15) is 46.5 Å². The SMILES string of the molecule is CCCC(=O)N[C@@H](CCNC(=O)O)C(=O)N[C@@H](CC(C)C)C(N)=O. The molecule has 0 rings (SSSR count). The van der Waals surface area contributed by atoms with Crippen LogP contribution in [0.15, 0.2) is 0 Å². The molecule has 0 bridgehead atoms. The second-order valence-electron chi connectivity index (χ2n) is 5.98. The Kier molecular flexibility index (Phi) is 10.2. The molecule has 0 unspecified atom stereocenters. The van der Waals surface area contributed by atoms with Crippen LogP contribution in [0.4, 0.5) is 4.79 Å². The van der Waals surface area contributed by atoms with E-state index >= 15 is 0 Å². The fourth-order valence-electron chi connectivity index (χ4n) is 2.08. The molecule has 0 aliphatic carbocycles. The zero-order valence-electron chi connectivity index (χ0n) is 14.4. The van der Waals surface area contributed by atoms with Crippen molar-refractivity contribution in [2.75, 3.05) is 6.54 Å². The lowest BCUT2D eigenvalue weighted by atomic mass is 10.0. The predicted octanol–water partition coefficient (Wildman–Crippen LogP) is -0.0548. The van der Waals surface area contributed by atoms with Gasteiger partial charge in [0.2, 0.25) is 17.7 Å². The molecular formula is C15H28N4O5. The van der Waals surface area contributed by atoms with Crippen molar-refractivity contribution in [1.29, 1.82) is 0 Å². The lowest BCUT2D eigenvalue weighted by molar-refractivity contribution is -0.131. The number of nitrogens with one attached hydrogen (secondary N) is 3. The van der Waals surface area contributed by atoms with Gasteiger partial charge in [0.15, 0.2) is 0 Å². The topological polar surface area (TPSA) is 151 Å². The Hall–Kier alpha value is -2.32. The van der Waals surface area contributed by atoms with Crippen molar-refractivity contribution in [2.24, 2.45) is 11.7 Å². The molecule has 4 amide bonds. The Labute approximate surface area is 141 Å². The Morgan fingerprint density at radius 1 is 1.08 bits per heavy atom. The summed E-state index contributed by atoms with van der Waals surface area (Å²) in [4.78, 5) is 46.0. The molecule has 0 aromatic carbocycles. The molecule has 9 heteroatoms. The Balaban J connectivity index is 4.87. The minimum Gasteiger partial charge on any atom is -0.465 e. The van der Waals surface area contributed by atoms with E-state index in [1.54, 1.807) is 0 Å². The number of hydrogen-bond donors (Lipinski definition) is 5. The largest absolute Gasteiger partial charge is 0.465 e. The number of carbonyl (C=O) groups excluding carboxylic acids is 3. The summed E-state index contributed by atoms with van der Waals surface area (Å²) in [5, 5.41) is 15.8. The van der Waals surface area contributed by atoms with Crippen LogP contribution in [0, 0.1) is 5.92 Å². The lowest BCUT2D eigenvalue weighted by Gasteiger charge is -2.23. The van der Waals surface area contributed by atoms with Crippen molar-refractivity contribution in [3.8, 4) is 0 Å². The Morgan fingerprint density at radius 2 is 1.71 bits per heavy atom. The molecule has 9 nitrogen and oxygen atoms in total. The van der Waals surface area contributed by atoms with E-state index in [1.165, 1.54) is 0 Å². The van der Waals surface area contributed by atoms with Crippen molar-refractivity contribution in [2.45, 2.75) is 58.5 Å². The summed E-state index contributed by atoms with van der Waals surface area (Å²) in [5.74, 6) is -1.38. The Morgan fingerprint density at radius 3 is 2.17 bits per heavy atom. The predicted molar refractivity (Wildman–Crippen MR) is 88.1 cm³/mol. The van der Waals surface area contributed by atoms with Gasteiger partial charge in [0.05, 0.1) is 0 Å². The summed E-state index contributed by atoms with van der Waals surface area (Å²) < 4.78 is 0. The van der Waals surface area contributed by atoms with Crippen LogP contribution in [0.25, 0.3) is 0 Å². The third-order valence-corrected chi connectivity index (χ3v) is 3.21. The van der Waals surface area contributed by atoms with Gasteiger partial charge < -0.3 is 26.8 Å². The summed E-state index contributed by atoms with van der Waals surface area (Å²) in [7, 11) is 0. The molecule has 0 aromatic rings. The van der Waals surface area contributed by atoms with Gasteiger partial charge in [-0.15, -0.1) is 0 Å². The highest BCUT2D eigenvalue weighted by Crippen LogP contribution is 2.05. The van der Waals surface area contributed by atoms with Gasteiger partial charge in [-0.3, -0.25) is 14.4 Å². The summed E-state index contributed by atoms with van der Waals surface area (Å²) in [5.41, 5.74) is 5.29. The zero-order chi connectivity index (χ0) is 18.7. The van der Waals surface area contributed by atoms with Crippen LogP contribution in [-0.4, -0.2) is 47.5 Å². The van der Waals surface area contributed by atoms with Gasteiger partial charge in [-0.25, -0.2) is 4.79 Å². The number of carboxylic acid groups (broad SMARTS) is 1. The molecule has 24 heavy (non-hydrogen) atoms. The molecule has 0 heterocycles. The van der Waals surface area contributed by atoms with Gasteiger partial charge in [-0.2, -0.15) is 0 Å². The van der Waals surface area contributed by atoms with E-state index < -0.39 is 30.0 Å². The second kappa shape index (κ2) is 11.3. The van der Waals surface area contributed by atoms with E-state index in [0.717, 1.165) is 0 Å². The highest BCUT2D eigenvalue weighted by atomic mass is 16.4. The first kappa shape index (κ1) is 21.7. The minimum atomic E-state index is -1.22. The van der Waals surface area contributed by atoms with Gasteiger partial charge in [-0.1, -0.05) is 20.8 Å². The number of carbonyl (C=O) groups is 4. The highest BCUT2D eigenvalue weighted by molar-refractivity contribution is 5.91. The number of primary amides is 1. The van der Waals surface area contributed by atoms with Gasteiger partial charge in [0, 0.05) is 13.0 Å². The van der Waals surface area contributed by atoms with Crippen LogP contribution in [0.5, 0.6) is 0 Å². The molecule has 0 aliphatic rings. The van der Waals surface area contributed by atoms with Crippen molar-refractivity contribution >= 4 is 23.8 Å². The van der Waals surface area contributed by atoms with E-state index in [-0.39, 0.29) is 31.2 Å². The van der Waals surface area contributed by atoms with Gasteiger partial charge in [0.1, 0.15) is 12.1 Å². The molecule has 0 saturated heterocycles. The Bertz CT molecular complexity index is 453. The first-order chi connectivity index (χ1) is 11.2. The van der Waals surface area contributed by atoms with E-state index in [9.17, 15) is 19.2 Å². The molecule has 2 atom stereocenters. The molecule has 0 saturated carbocycles. The van der Waals surface area contributed by atoms with Crippen LogP contribution in [0.2, 0.25) is 0 Å². The quantitative estimate of drug-likeness (QED) is 0.356. The maximum atomic E-state index is 12.3. The van der Waals surface area contributed by atoms with E-state index in [4.69, 9.17) is 10.8 Å². The molecule has 6 N–H and O–H groups in total. The third kappa shape index (κ3) is 9.65. The van der Waals surface area contributed by atoms with E-state index in [2.05, 4.69) is 16.0 Å². The van der Waals surface area contributed by atoms with Crippen molar-refractivity contribution in [3.63, 3.8) is 0 Å². The number of amides is 4. The standard InChI is InChI=1S/C15H28N4O5/c1-4-5-12(20)18-10(6-7-17-15(23)24)14(22)19-11(13(16)21)8-9(2)3/h9-11,17H,4-8H2,1-3H3,(H2,16,21)(H,18,20)(H,19,22)(H,23,24)/t10-,11-/m0/s1. The van der Waals surface area contributed by atoms with E-state index in [0.29, 0.717) is 12.8 Å². The number of nitrogens with two attached hydrogens (primary N) is 1. The summed E-state index contributed by atoms with van der Waals surface area (Å²) >= 11 is 0. The molecule has 0 fully saturated rings. The van der Waals surface area contributed by atoms with Crippen molar-refractivity contribution in [1.82, 2.24) is 16.0 Å². The maximum absolute atomic E-state index is 12.3. The minimum absolute atomic E-state index is 0.00869. The summed E-state index contributed by atoms with van der Waals surface area (Å²) in [6.45, 7) is 5.59. The molecular weight excluding hydrogens is 316 g/mol. The molecule has 138 valence electrons. The first-order valence-corrected chi connectivity index (χ1v) is 8.03. The van der Waals surface area contributed by atoms with Crippen LogP contribution >= 0.6 is 0 Å².